The predicted octanol–water partition coefficient (Wildman–Crippen LogP) is 2.88. The van der Waals surface area contributed by atoms with Gasteiger partial charge in [-0.1, -0.05) is 18.2 Å². The van der Waals surface area contributed by atoms with Crippen LogP contribution in [-0.2, 0) is 4.74 Å². The van der Waals surface area contributed by atoms with Crippen LogP contribution in [0.3, 0.4) is 0 Å². The molecule has 5 heteroatoms. The van der Waals surface area contributed by atoms with Crippen LogP contribution < -0.4 is 5.73 Å². The van der Waals surface area contributed by atoms with E-state index in [1.807, 2.05) is 32.0 Å². The molecule has 0 heterocycles. The van der Waals surface area contributed by atoms with Gasteiger partial charge in [0.1, 0.15) is 6.61 Å². The summed E-state index contributed by atoms with van der Waals surface area (Å²) < 4.78 is 40.2. The first-order valence-corrected chi connectivity index (χ1v) is 5.27. The van der Waals surface area contributed by atoms with Gasteiger partial charge >= 0.3 is 6.18 Å². The lowest BCUT2D eigenvalue weighted by molar-refractivity contribution is -0.174. The molecular weight excluding hydrogens is 231 g/mol. The van der Waals surface area contributed by atoms with Crippen LogP contribution in [-0.4, -0.2) is 19.4 Å². The molecule has 1 rings (SSSR count). The van der Waals surface area contributed by atoms with Crippen molar-refractivity contribution in [3.8, 4) is 0 Å². The quantitative estimate of drug-likeness (QED) is 0.887. The zero-order chi connectivity index (χ0) is 13.1. The highest BCUT2D eigenvalue weighted by molar-refractivity contribution is 5.35. The van der Waals surface area contributed by atoms with Gasteiger partial charge in [-0.2, -0.15) is 13.2 Å². The molecule has 2 N–H and O–H groups in total. The van der Waals surface area contributed by atoms with E-state index < -0.39 is 18.8 Å². The fraction of sp³-hybridized carbons (Fsp3) is 0.500. The number of nitrogens with two attached hydrogens (primary N) is 1. The van der Waals surface area contributed by atoms with Crippen molar-refractivity contribution in [1.29, 1.82) is 0 Å². The van der Waals surface area contributed by atoms with Crippen LogP contribution in [0, 0.1) is 13.8 Å². The molecule has 0 radical (unpaired) electrons. The third-order valence-corrected chi connectivity index (χ3v) is 2.61. The van der Waals surface area contributed by atoms with Gasteiger partial charge in [-0.15, -0.1) is 0 Å². The highest BCUT2D eigenvalue weighted by Gasteiger charge is 2.27. The Hall–Kier alpha value is -1.07. The lowest BCUT2D eigenvalue weighted by Crippen LogP contribution is -2.23. The number of hydrogen-bond acceptors (Lipinski definition) is 2. The van der Waals surface area contributed by atoms with Crippen LogP contribution >= 0.6 is 0 Å². The Morgan fingerprint density at radius 3 is 2.53 bits per heavy atom. The smallest absolute Gasteiger partial charge is 0.370 e. The summed E-state index contributed by atoms with van der Waals surface area (Å²) in [5.41, 5.74) is 8.69. The second-order valence-corrected chi connectivity index (χ2v) is 4.03. The number of rotatable bonds is 4. The number of halogens is 3. The molecule has 0 fully saturated rings. The second kappa shape index (κ2) is 5.51. The van der Waals surface area contributed by atoms with E-state index in [1.165, 1.54) is 0 Å². The molecule has 17 heavy (non-hydrogen) atoms. The second-order valence-electron chi connectivity index (χ2n) is 4.03. The van der Waals surface area contributed by atoms with Crippen molar-refractivity contribution in [2.24, 2.45) is 5.73 Å². The Labute approximate surface area is 98.6 Å². The summed E-state index contributed by atoms with van der Waals surface area (Å²) in [6.45, 7) is 2.44. The molecule has 0 aliphatic heterocycles. The summed E-state index contributed by atoms with van der Waals surface area (Å²) in [7, 11) is 0. The minimum Gasteiger partial charge on any atom is -0.370 e. The SMILES string of the molecule is Cc1cccc(C(N)COCC(F)(F)F)c1C. The topological polar surface area (TPSA) is 35.2 Å². The summed E-state index contributed by atoms with van der Waals surface area (Å²) in [6, 6.07) is 5.05. The van der Waals surface area contributed by atoms with Crippen molar-refractivity contribution in [2.45, 2.75) is 26.1 Å². The van der Waals surface area contributed by atoms with E-state index in [9.17, 15) is 13.2 Å². The van der Waals surface area contributed by atoms with Gasteiger partial charge in [0.05, 0.1) is 12.6 Å². The van der Waals surface area contributed by atoms with E-state index in [2.05, 4.69) is 4.74 Å². The number of aryl methyl sites for hydroxylation is 1. The van der Waals surface area contributed by atoms with Crippen molar-refractivity contribution < 1.29 is 17.9 Å². The zero-order valence-corrected chi connectivity index (χ0v) is 9.84. The highest BCUT2D eigenvalue weighted by atomic mass is 19.4. The zero-order valence-electron chi connectivity index (χ0n) is 9.84. The van der Waals surface area contributed by atoms with Crippen LogP contribution in [0.1, 0.15) is 22.7 Å². The minimum atomic E-state index is -4.30. The van der Waals surface area contributed by atoms with Gasteiger partial charge in [0, 0.05) is 0 Å². The minimum absolute atomic E-state index is 0.135. The summed E-state index contributed by atoms with van der Waals surface area (Å²) in [5.74, 6) is 0. The Morgan fingerprint density at radius 1 is 1.29 bits per heavy atom. The Morgan fingerprint density at radius 2 is 1.94 bits per heavy atom. The fourth-order valence-corrected chi connectivity index (χ4v) is 1.57. The molecule has 1 atom stereocenters. The maximum Gasteiger partial charge on any atom is 0.411 e. The molecule has 96 valence electrons. The molecule has 1 aromatic rings. The number of alkyl halides is 3. The van der Waals surface area contributed by atoms with E-state index in [4.69, 9.17) is 5.73 Å². The molecule has 0 aromatic heterocycles. The normalized spacial score (nSPS) is 13.8. The van der Waals surface area contributed by atoms with Crippen molar-refractivity contribution in [3.05, 3.63) is 34.9 Å². The van der Waals surface area contributed by atoms with Crippen LogP contribution in [0.4, 0.5) is 13.2 Å². The molecular formula is C12H16F3NO. The van der Waals surface area contributed by atoms with Crippen LogP contribution in [0.5, 0.6) is 0 Å². The Kier molecular flexibility index (Phi) is 4.54. The maximum absolute atomic E-state index is 11.9. The number of ether oxygens (including phenoxy) is 1. The average molecular weight is 247 g/mol. The molecule has 1 unspecified atom stereocenters. The summed E-state index contributed by atoms with van der Waals surface area (Å²) in [4.78, 5) is 0. The number of hydrogen-bond donors (Lipinski definition) is 1. The van der Waals surface area contributed by atoms with E-state index in [1.54, 1.807) is 0 Å². The molecule has 1 aromatic carbocycles. The van der Waals surface area contributed by atoms with Gasteiger partial charge in [0.25, 0.3) is 0 Å². The largest absolute Gasteiger partial charge is 0.411 e. The lowest BCUT2D eigenvalue weighted by Gasteiger charge is -2.17. The molecule has 2 nitrogen and oxygen atoms in total. The molecule has 0 spiro atoms. The molecule has 0 bridgehead atoms. The first kappa shape index (κ1) is 14.0. The summed E-state index contributed by atoms with van der Waals surface area (Å²) in [5, 5.41) is 0. The van der Waals surface area contributed by atoms with Gasteiger partial charge in [-0.05, 0) is 30.5 Å². The third-order valence-electron chi connectivity index (χ3n) is 2.61. The Bertz CT molecular complexity index is 377. The molecule has 0 amide bonds. The molecule has 0 aliphatic carbocycles. The fourth-order valence-electron chi connectivity index (χ4n) is 1.57. The monoisotopic (exact) mass is 247 g/mol. The van der Waals surface area contributed by atoms with Crippen LogP contribution in [0.2, 0.25) is 0 Å². The van der Waals surface area contributed by atoms with Gasteiger partial charge in [-0.25, -0.2) is 0 Å². The third kappa shape index (κ3) is 4.36. The molecule has 0 saturated carbocycles. The lowest BCUT2D eigenvalue weighted by atomic mass is 9.98. The standard InChI is InChI=1S/C12H16F3NO/c1-8-4-3-5-10(9(8)2)11(16)6-17-7-12(13,14)15/h3-5,11H,6-7,16H2,1-2H3. The first-order chi connectivity index (χ1) is 7.81. The first-order valence-electron chi connectivity index (χ1n) is 5.27. The van der Waals surface area contributed by atoms with Gasteiger partial charge in [0.15, 0.2) is 0 Å². The maximum atomic E-state index is 11.9. The van der Waals surface area contributed by atoms with Gasteiger partial charge in [0.2, 0.25) is 0 Å². The predicted molar refractivity (Wildman–Crippen MR) is 59.7 cm³/mol. The van der Waals surface area contributed by atoms with Crippen molar-refractivity contribution in [2.75, 3.05) is 13.2 Å². The van der Waals surface area contributed by atoms with Gasteiger partial charge in [-0.3, -0.25) is 0 Å². The highest BCUT2D eigenvalue weighted by Crippen LogP contribution is 2.20. The average Bonchev–Trinajstić information content (AvgIpc) is 2.20. The molecule has 0 saturated heterocycles. The summed E-state index contributed by atoms with van der Waals surface area (Å²) in [6.07, 6.45) is -4.30. The van der Waals surface area contributed by atoms with E-state index in [0.29, 0.717) is 0 Å². The van der Waals surface area contributed by atoms with E-state index >= 15 is 0 Å². The van der Waals surface area contributed by atoms with Crippen molar-refractivity contribution in [1.82, 2.24) is 0 Å². The van der Waals surface area contributed by atoms with Crippen LogP contribution in [0.15, 0.2) is 18.2 Å². The van der Waals surface area contributed by atoms with E-state index in [0.717, 1.165) is 16.7 Å². The molecule has 0 aliphatic rings. The van der Waals surface area contributed by atoms with Crippen LogP contribution in [0.25, 0.3) is 0 Å². The van der Waals surface area contributed by atoms with Crippen molar-refractivity contribution >= 4 is 0 Å². The van der Waals surface area contributed by atoms with E-state index in [-0.39, 0.29) is 6.61 Å². The summed E-state index contributed by atoms with van der Waals surface area (Å²) >= 11 is 0. The number of benzene rings is 1. The van der Waals surface area contributed by atoms with Crippen molar-refractivity contribution in [3.63, 3.8) is 0 Å². The Balaban J connectivity index is 2.58. The van der Waals surface area contributed by atoms with Gasteiger partial charge < -0.3 is 10.5 Å².